The standard InChI is InChI=1S/C15H16N4O2/c20-6-4-13-18-12-8-17-15-11(3-5-16-15)14(12)19(13)10-2-1-7-21-9-10/h3,5-6,8,10H,1-2,4,7,9H2,(H,16,17). The molecule has 3 aromatic rings. The van der Waals surface area contributed by atoms with Gasteiger partial charge in [0.1, 0.15) is 23.3 Å². The Morgan fingerprint density at radius 2 is 2.48 bits per heavy atom. The molecule has 21 heavy (non-hydrogen) atoms. The minimum absolute atomic E-state index is 0.235. The van der Waals surface area contributed by atoms with Crippen molar-refractivity contribution in [1.29, 1.82) is 0 Å². The second-order valence-electron chi connectivity index (χ2n) is 5.37. The van der Waals surface area contributed by atoms with E-state index in [1.54, 1.807) is 6.20 Å². The molecular formula is C15H16N4O2. The number of imidazole rings is 1. The summed E-state index contributed by atoms with van der Waals surface area (Å²) >= 11 is 0. The molecule has 1 fully saturated rings. The molecule has 0 aromatic carbocycles. The lowest BCUT2D eigenvalue weighted by Crippen LogP contribution is -2.23. The highest BCUT2D eigenvalue weighted by atomic mass is 16.5. The Morgan fingerprint density at radius 3 is 3.29 bits per heavy atom. The zero-order valence-electron chi connectivity index (χ0n) is 11.6. The molecule has 6 heteroatoms. The van der Waals surface area contributed by atoms with E-state index in [4.69, 9.17) is 4.74 Å². The van der Waals surface area contributed by atoms with Crippen molar-refractivity contribution in [2.45, 2.75) is 25.3 Å². The molecule has 3 aromatic heterocycles. The van der Waals surface area contributed by atoms with E-state index in [1.165, 1.54) is 0 Å². The molecule has 0 bridgehead atoms. The van der Waals surface area contributed by atoms with Gasteiger partial charge in [-0.3, -0.25) is 0 Å². The molecule has 1 unspecified atom stereocenters. The van der Waals surface area contributed by atoms with E-state index >= 15 is 0 Å². The number of aromatic amines is 1. The largest absolute Gasteiger partial charge is 0.379 e. The summed E-state index contributed by atoms with van der Waals surface area (Å²) in [6, 6.07) is 2.25. The molecule has 1 aliphatic rings. The molecular weight excluding hydrogens is 268 g/mol. The Labute approximate surface area is 121 Å². The predicted octanol–water partition coefficient (Wildman–Crippen LogP) is 2.01. The maximum Gasteiger partial charge on any atom is 0.139 e. The van der Waals surface area contributed by atoms with Gasteiger partial charge < -0.3 is 19.1 Å². The molecule has 0 radical (unpaired) electrons. The van der Waals surface area contributed by atoms with Crippen LogP contribution in [-0.2, 0) is 16.0 Å². The van der Waals surface area contributed by atoms with Crippen LogP contribution in [0.25, 0.3) is 22.1 Å². The summed E-state index contributed by atoms with van der Waals surface area (Å²) < 4.78 is 7.80. The molecule has 0 amide bonds. The highest BCUT2D eigenvalue weighted by Gasteiger charge is 2.23. The first-order valence-electron chi connectivity index (χ1n) is 7.23. The molecule has 0 aliphatic carbocycles. The van der Waals surface area contributed by atoms with E-state index in [0.717, 1.165) is 53.6 Å². The molecule has 1 atom stereocenters. The maximum absolute atomic E-state index is 11.0. The molecule has 1 saturated heterocycles. The van der Waals surface area contributed by atoms with Crippen LogP contribution in [0.15, 0.2) is 18.5 Å². The number of rotatable bonds is 3. The van der Waals surface area contributed by atoms with Gasteiger partial charge in [-0.05, 0) is 18.9 Å². The van der Waals surface area contributed by atoms with Crippen LogP contribution in [0.3, 0.4) is 0 Å². The normalized spacial score (nSPS) is 19.3. The number of fused-ring (bicyclic) bond motifs is 3. The third-order valence-corrected chi connectivity index (χ3v) is 4.07. The van der Waals surface area contributed by atoms with E-state index in [-0.39, 0.29) is 6.04 Å². The van der Waals surface area contributed by atoms with Crippen LogP contribution >= 0.6 is 0 Å². The van der Waals surface area contributed by atoms with Gasteiger partial charge in [0.15, 0.2) is 0 Å². The number of nitrogens with zero attached hydrogens (tertiary/aromatic N) is 3. The van der Waals surface area contributed by atoms with Crippen LogP contribution in [0.2, 0.25) is 0 Å². The van der Waals surface area contributed by atoms with E-state index in [2.05, 4.69) is 19.5 Å². The Bertz CT molecular complexity index is 799. The van der Waals surface area contributed by atoms with Crippen LogP contribution in [0.1, 0.15) is 24.7 Å². The molecule has 0 saturated carbocycles. The first kappa shape index (κ1) is 12.5. The predicted molar refractivity (Wildman–Crippen MR) is 78.2 cm³/mol. The number of carbonyl (C=O) groups is 1. The Morgan fingerprint density at radius 1 is 1.52 bits per heavy atom. The number of hydrogen-bond acceptors (Lipinski definition) is 4. The van der Waals surface area contributed by atoms with Gasteiger partial charge in [0.2, 0.25) is 0 Å². The maximum atomic E-state index is 11.0. The summed E-state index contributed by atoms with van der Waals surface area (Å²) in [6.45, 7) is 1.48. The monoisotopic (exact) mass is 284 g/mol. The van der Waals surface area contributed by atoms with Gasteiger partial charge in [-0.25, -0.2) is 9.97 Å². The number of nitrogens with one attached hydrogen (secondary N) is 1. The van der Waals surface area contributed by atoms with Crippen molar-refractivity contribution in [3.8, 4) is 0 Å². The summed E-state index contributed by atoms with van der Waals surface area (Å²) in [5, 5.41) is 1.04. The first-order chi connectivity index (χ1) is 10.4. The summed E-state index contributed by atoms with van der Waals surface area (Å²) in [7, 11) is 0. The lowest BCUT2D eigenvalue weighted by Gasteiger charge is -2.25. The zero-order valence-corrected chi connectivity index (χ0v) is 11.6. The summed E-state index contributed by atoms with van der Waals surface area (Å²) in [4.78, 5) is 23.1. The van der Waals surface area contributed by atoms with Gasteiger partial charge in [-0.2, -0.15) is 0 Å². The summed E-state index contributed by atoms with van der Waals surface area (Å²) in [6.07, 6.45) is 6.95. The van der Waals surface area contributed by atoms with Crippen molar-refractivity contribution in [3.05, 3.63) is 24.3 Å². The molecule has 108 valence electrons. The first-order valence-corrected chi connectivity index (χ1v) is 7.23. The fourth-order valence-electron chi connectivity index (χ4n) is 3.18. The number of hydrogen-bond donors (Lipinski definition) is 1. The number of ether oxygens (including phenoxy) is 1. The third-order valence-electron chi connectivity index (χ3n) is 4.07. The fourth-order valence-corrected chi connectivity index (χ4v) is 3.18. The van der Waals surface area contributed by atoms with Crippen LogP contribution in [0.4, 0.5) is 0 Å². The summed E-state index contributed by atoms with van der Waals surface area (Å²) in [5.74, 6) is 0.797. The van der Waals surface area contributed by atoms with Crippen molar-refractivity contribution in [2.24, 2.45) is 0 Å². The molecule has 6 nitrogen and oxygen atoms in total. The van der Waals surface area contributed by atoms with Crippen molar-refractivity contribution in [1.82, 2.24) is 19.5 Å². The minimum atomic E-state index is 0.235. The van der Waals surface area contributed by atoms with E-state index in [9.17, 15) is 4.79 Å². The highest BCUT2D eigenvalue weighted by molar-refractivity contribution is 6.01. The van der Waals surface area contributed by atoms with E-state index < -0.39 is 0 Å². The smallest absolute Gasteiger partial charge is 0.139 e. The summed E-state index contributed by atoms with van der Waals surface area (Å²) in [5.41, 5.74) is 2.73. The number of aromatic nitrogens is 4. The average Bonchev–Trinajstić information content (AvgIpc) is 3.11. The Hall–Kier alpha value is -2.21. The van der Waals surface area contributed by atoms with Crippen LogP contribution in [0, 0.1) is 0 Å². The molecule has 4 rings (SSSR count). The molecule has 4 heterocycles. The van der Waals surface area contributed by atoms with Crippen molar-refractivity contribution < 1.29 is 9.53 Å². The number of H-pyrrole nitrogens is 1. The van der Waals surface area contributed by atoms with Gasteiger partial charge >= 0.3 is 0 Å². The number of pyridine rings is 1. The van der Waals surface area contributed by atoms with Gasteiger partial charge in [0, 0.05) is 18.2 Å². The average molecular weight is 284 g/mol. The lowest BCUT2D eigenvalue weighted by molar-refractivity contribution is -0.107. The van der Waals surface area contributed by atoms with E-state index in [1.807, 2.05) is 12.3 Å². The van der Waals surface area contributed by atoms with Gasteiger partial charge in [-0.1, -0.05) is 0 Å². The van der Waals surface area contributed by atoms with Crippen LogP contribution in [0.5, 0.6) is 0 Å². The molecule has 1 aliphatic heterocycles. The van der Waals surface area contributed by atoms with Crippen molar-refractivity contribution in [3.63, 3.8) is 0 Å². The quantitative estimate of drug-likeness (QED) is 0.747. The second kappa shape index (κ2) is 4.96. The second-order valence-corrected chi connectivity index (χ2v) is 5.37. The van der Waals surface area contributed by atoms with Crippen molar-refractivity contribution >= 4 is 28.4 Å². The lowest BCUT2D eigenvalue weighted by atomic mass is 10.1. The SMILES string of the molecule is O=CCc1nc2cnc3[nH]ccc3c2n1C1CCCOC1. The van der Waals surface area contributed by atoms with Gasteiger partial charge in [0.05, 0.1) is 30.8 Å². The van der Waals surface area contributed by atoms with Gasteiger partial charge in [0.25, 0.3) is 0 Å². The zero-order chi connectivity index (χ0) is 14.2. The molecule has 0 spiro atoms. The minimum Gasteiger partial charge on any atom is -0.379 e. The topological polar surface area (TPSA) is 72.8 Å². The number of aldehydes is 1. The van der Waals surface area contributed by atoms with E-state index in [0.29, 0.717) is 13.0 Å². The fraction of sp³-hybridized carbons (Fsp3) is 0.400. The third kappa shape index (κ3) is 1.94. The van der Waals surface area contributed by atoms with Gasteiger partial charge in [-0.15, -0.1) is 0 Å². The highest BCUT2D eigenvalue weighted by Crippen LogP contribution is 2.30. The van der Waals surface area contributed by atoms with Crippen molar-refractivity contribution in [2.75, 3.05) is 13.2 Å². The molecule has 1 N–H and O–H groups in total. The van der Waals surface area contributed by atoms with Crippen LogP contribution < -0.4 is 0 Å². The van der Waals surface area contributed by atoms with Crippen LogP contribution in [-0.4, -0.2) is 39.0 Å². The Balaban J connectivity index is 2.00. The number of carbonyl (C=O) groups excluding carboxylic acids is 1. The Kier molecular flexibility index (Phi) is 2.96.